The summed E-state index contributed by atoms with van der Waals surface area (Å²) in [5, 5.41) is 9.32. The van der Waals surface area contributed by atoms with E-state index in [-0.39, 0.29) is 0 Å². The van der Waals surface area contributed by atoms with Crippen LogP contribution >= 0.6 is 0 Å². The third-order valence-corrected chi connectivity index (χ3v) is 1.94. The molecule has 0 amide bonds. The van der Waals surface area contributed by atoms with Gasteiger partial charge in [-0.25, -0.2) is 0 Å². The number of benzene rings is 1. The zero-order valence-electron chi connectivity index (χ0n) is 9.20. The SMILES string of the molecule is CNc1ccccc1/C(C)=N/N(C)C. The van der Waals surface area contributed by atoms with Crippen molar-refractivity contribution in [2.24, 2.45) is 5.10 Å². The molecule has 1 N–H and O–H groups in total. The van der Waals surface area contributed by atoms with Gasteiger partial charge in [0.25, 0.3) is 0 Å². The Morgan fingerprint density at radius 2 is 1.93 bits per heavy atom. The molecule has 1 aromatic rings. The molecule has 3 heteroatoms. The topological polar surface area (TPSA) is 27.6 Å². The molecular weight excluding hydrogens is 174 g/mol. The van der Waals surface area contributed by atoms with Crippen molar-refractivity contribution < 1.29 is 0 Å². The number of rotatable bonds is 3. The Bertz CT molecular complexity index is 329. The summed E-state index contributed by atoms with van der Waals surface area (Å²) in [5.74, 6) is 0. The summed E-state index contributed by atoms with van der Waals surface area (Å²) in [7, 11) is 5.76. The quantitative estimate of drug-likeness (QED) is 0.584. The fourth-order valence-corrected chi connectivity index (χ4v) is 1.37. The molecule has 14 heavy (non-hydrogen) atoms. The summed E-state index contributed by atoms with van der Waals surface area (Å²) < 4.78 is 0. The Labute approximate surface area is 85.4 Å². The minimum atomic E-state index is 1.01. The summed E-state index contributed by atoms with van der Waals surface area (Å²) in [5.41, 5.74) is 3.26. The van der Waals surface area contributed by atoms with Gasteiger partial charge in [0.05, 0.1) is 5.71 Å². The summed E-state index contributed by atoms with van der Waals surface area (Å²) >= 11 is 0. The van der Waals surface area contributed by atoms with E-state index in [1.807, 2.05) is 51.3 Å². The molecule has 0 aliphatic rings. The molecular formula is C11H17N3. The molecule has 0 saturated carbocycles. The van der Waals surface area contributed by atoms with Crippen LogP contribution in [0.4, 0.5) is 5.69 Å². The maximum absolute atomic E-state index is 4.37. The van der Waals surface area contributed by atoms with Gasteiger partial charge in [-0.05, 0) is 13.0 Å². The number of para-hydroxylation sites is 1. The molecule has 0 fully saturated rings. The van der Waals surface area contributed by atoms with Crippen LogP contribution in [0.25, 0.3) is 0 Å². The van der Waals surface area contributed by atoms with E-state index in [4.69, 9.17) is 0 Å². The largest absolute Gasteiger partial charge is 0.388 e. The van der Waals surface area contributed by atoms with Crippen LogP contribution in [0.5, 0.6) is 0 Å². The lowest BCUT2D eigenvalue weighted by atomic mass is 10.1. The smallest absolute Gasteiger partial charge is 0.0667 e. The van der Waals surface area contributed by atoms with Crippen molar-refractivity contribution in [1.82, 2.24) is 5.01 Å². The van der Waals surface area contributed by atoms with Gasteiger partial charge in [-0.3, -0.25) is 0 Å². The number of nitrogens with zero attached hydrogens (tertiary/aromatic N) is 2. The molecule has 0 saturated heterocycles. The highest BCUT2D eigenvalue weighted by molar-refractivity contribution is 6.03. The fraction of sp³-hybridized carbons (Fsp3) is 0.364. The van der Waals surface area contributed by atoms with E-state index in [1.54, 1.807) is 0 Å². The van der Waals surface area contributed by atoms with Gasteiger partial charge in [0.2, 0.25) is 0 Å². The van der Waals surface area contributed by atoms with Gasteiger partial charge in [-0.2, -0.15) is 5.10 Å². The van der Waals surface area contributed by atoms with Crippen molar-refractivity contribution >= 4 is 11.4 Å². The number of anilines is 1. The normalized spacial score (nSPS) is 11.3. The van der Waals surface area contributed by atoms with Gasteiger partial charge < -0.3 is 10.3 Å². The van der Waals surface area contributed by atoms with Crippen LogP contribution in [0, 0.1) is 0 Å². The molecule has 1 rings (SSSR count). The lowest BCUT2D eigenvalue weighted by Gasteiger charge is -2.11. The third-order valence-electron chi connectivity index (χ3n) is 1.94. The highest BCUT2D eigenvalue weighted by Gasteiger charge is 2.02. The standard InChI is InChI=1S/C11H17N3/c1-9(13-14(3)4)10-7-5-6-8-11(10)12-2/h5-8,12H,1-4H3/b13-9+. The molecule has 0 atom stereocenters. The van der Waals surface area contributed by atoms with Gasteiger partial charge in [-0.15, -0.1) is 0 Å². The summed E-state index contributed by atoms with van der Waals surface area (Å²) in [6.45, 7) is 2.01. The molecule has 0 bridgehead atoms. The first-order chi connectivity index (χ1) is 6.65. The molecule has 0 heterocycles. The molecule has 0 radical (unpaired) electrons. The maximum atomic E-state index is 4.37. The van der Waals surface area contributed by atoms with Crippen molar-refractivity contribution in [2.75, 3.05) is 26.5 Å². The molecule has 0 aliphatic carbocycles. The zero-order valence-corrected chi connectivity index (χ0v) is 9.20. The molecule has 0 aliphatic heterocycles. The van der Waals surface area contributed by atoms with E-state index in [9.17, 15) is 0 Å². The van der Waals surface area contributed by atoms with E-state index >= 15 is 0 Å². The van der Waals surface area contributed by atoms with Crippen molar-refractivity contribution in [1.29, 1.82) is 0 Å². The second-order valence-corrected chi connectivity index (χ2v) is 3.33. The average Bonchev–Trinajstić information content (AvgIpc) is 2.16. The minimum absolute atomic E-state index is 1.01. The summed E-state index contributed by atoms with van der Waals surface area (Å²) in [6.07, 6.45) is 0. The first-order valence-corrected chi connectivity index (χ1v) is 4.65. The van der Waals surface area contributed by atoms with Crippen molar-refractivity contribution in [3.63, 3.8) is 0 Å². The van der Waals surface area contributed by atoms with Gasteiger partial charge in [0.15, 0.2) is 0 Å². The predicted octanol–water partition coefficient (Wildman–Crippen LogP) is 2.01. The number of nitrogens with one attached hydrogen (secondary N) is 1. The van der Waals surface area contributed by atoms with E-state index < -0.39 is 0 Å². The van der Waals surface area contributed by atoms with E-state index in [1.165, 1.54) is 0 Å². The van der Waals surface area contributed by atoms with Gasteiger partial charge >= 0.3 is 0 Å². The van der Waals surface area contributed by atoms with Crippen LogP contribution in [0.3, 0.4) is 0 Å². The van der Waals surface area contributed by atoms with Crippen LogP contribution in [0.15, 0.2) is 29.4 Å². The Balaban J connectivity index is 3.05. The summed E-state index contributed by atoms with van der Waals surface area (Å²) in [4.78, 5) is 0. The second kappa shape index (κ2) is 4.65. The average molecular weight is 191 g/mol. The van der Waals surface area contributed by atoms with E-state index in [0.29, 0.717) is 0 Å². The van der Waals surface area contributed by atoms with Crippen molar-refractivity contribution in [3.05, 3.63) is 29.8 Å². The van der Waals surface area contributed by atoms with Gasteiger partial charge in [0, 0.05) is 32.4 Å². The Hall–Kier alpha value is -1.51. The first kappa shape index (κ1) is 10.6. The highest BCUT2D eigenvalue weighted by Crippen LogP contribution is 2.15. The lowest BCUT2D eigenvalue weighted by Crippen LogP contribution is -2.08. The maximum Gasteiger partial charge on any atom is 0.0667 e. The van der Waals surface area contributed by atoms with Crippen LogP contribution in [0.2, 0.25) is 0 Å². The summed E-state index contributed by atoms with van der Waals surface area (Å²) in [6, 6.07) is 8.14. The van der Waals surface area contributed by atoms with Crippen LogP contribution < -0.4 is 5.32 Å². The van der Waals surface area contributed by atoms with E-state index in [0.717, 1.165) is 17.0 Å². The zero-order chi connectivity index (χ0) is 10.6. The highest BCUT2D eigenvalue weighted by atomic mass is 15.4. The number of hydrogen-bond donors (Lipinski definition) is 1. The molecule has 0 unspecified atom stereocenters. The molecule has 3 nitrogen and oxygen atoms in total. The second-order valence-electron chi connectivity index (χ2n) is 3.33. The van der Waals surface area contributed by atoms with Gasteiger partial charge in [0.1, 0.15) is 0 Å². The third kappa shape index (κ3) is 2.49. The van der Waals surface area contributed by atoms with Crippen LogP contribution in [0.1, 0.15) is 12.5 Å². The molecule has 1 aromatic carbocycles. The minimum Gasteiger partial charge on any atom is -0.388 e. The van der Waals surface area contributed by atoms with Crippen molar-refractivity contribution in [2.45, 2.75) is 6.92 Å². The number of hydrogen-bond acceptors (Lipinski definition) is 3. The molecule has 0 aromatic heterocycles. The number of hydrazone groups is 1. The van der Waals surface area contributed by atoms with Crippen molar-refractivity contribution in [3.8, 4) is 0 Å². The Morgan fingerprint density at radius 3 is 2.50 bits per heavy atom. The fourth-order valence-electron chi connectivity index (χ4n) is 1.37. The molecule has 0 spiro atoms. The van der Waals surface area contributed by atoms with Crippen LogP contribution in [-0.2, 0) is 0 Å². The first-order valence-electron chi connectivity index (χ1n) is 4.65. The predicted molar refractivity (Wildman–Crippen MR) is 61.9 cm³/mol. The van der Waals surface area contributed by atoms with Crippen LogP contribution in [-0.4, -0.2) is 31.9 Å². The Kier molecular flexibility index (Phi) is 3.51. The van der Waals surface area contributed by atoms with E-state index in [2.05, 4.69) is 16.5 Å². The Morgan fingerprint density at radius 1 is 1.29 bits per heavy atom. The monoisotopic (exact) mass is 191 g/mol. The lowest BCUT2D eigenvalue weighted by molar-refractivity contribution is 0.438. The molecule has 76 valence electrons. The van der Waals surface area contributed by atoms with Gasteiger partial charge in [-0.1, -0.05) is 18.2 Å².